The maximum Gasteiger partial charge on any atom is 0.248 e. The Morgan fingerprint density at radius 2 is 1.85 bits per heavy atom. The average molecular weight is 391 g/mol. The molecule has 2 rings (SSSR count). The molecule has 1 N–H and O–H groups in total. The largest absolute Gasteiger partial charge is 0.492 e. The lowest BCUT2D eigenvalue weighted by molar-refractivity contribution is -0.117. The number of carbonyl (C=O) groups is 1. The number of rotatable bonds is 8. The van der Waals surface area contributed by atoms with Gasteiger partial charge in [0.15, 0.2) is 0 Å². The quantitative estimate of drug-likeness (QED) is 0.748. The second-order valence-corrected chi connectivity index (χ2v) is 8.10. The summed E-state index contributed by atoms with van der Waals surface area (Å²) in [7, 11) is -3.66. The first-order chi connectivity index (χ1) is 12.8. The van der Waals surface area contributed by atoms with Crippen LogP contribution in [0.15, 0.2) is 48.5 Å². The molecule has 0 aliphatic heterocycles. The molecule has 27 heavy (non-hydrogen) atoms. The van der Waals surface area contributed by atoms with Crippen molar-refractivity contribution in [3.63, 3.8) is 0 Å². The van der Waals surface area contributed by atoms with Gasteiger partial charge < -0.3 is 10.1 Å². The van der Waals surface area contributed by atoms with Crippen LogP contribution in [0.5, 0.6) is 5.75 Å². The van der Waals surface area contributed by atoms with Gasteiger partial charge >= 0.3 is 0 Å². The minimum Gasteiger partial charge on any atom is -0.492 e. The molecule has 0 aliphatic rings. The highest BCUT2D eigenvalue weighted by Gasteiger charge is 2.31. The molecule has 0 heterocycles. The third-order valence-electron chi connectivity index (χ3n) is 4.03. The first-order valence-corrected chi connectivity index (χ1v) is 10.7. The Bertz CT molecular complexity index is 896. The van der Waals surface area contributed by atoms with Gasteiger partial charge in [0.25, 0.3) is 0 Å². The summed E-state index contributed by atoms with van der Waals surface area (Å²) in [6.45, 7) is 5.98. The molecule has 1 unspecified atom stereocenters. The molecule has 0 radical (unpaired) electrons. The third kappa shape index (κ3) is 5.23. The van der Waals surface area contributed by atoms with Gasteiger partial charge in [-0.25, -0.2) is 8.42 Å². The van der Waals surface area contributed by atoms with Crippen LogP contribution in [0, 0.1) is 6.92 Å². The molecule has 1 amide bonds. The fourth-order valence-electron chi connectivity index (χ4n) is 2.89. The molecule has 6 nitrogen and oxygen atoms in total. The predicted octanol–water partition coefficient (Wildman–Crippen LogP) is 3.58. The number of anilines is 2. The molecule has 0 saturated carbocycles. The van der Waals surface area contributed by atoms with E-state index in [1.807, 2.05) is 26.0 Å². The Balaban J connectivity index is 2.38. The molecule has 146 valence electrons. The van der Waals surface area contributed by atoms with E-state index in [0.29, 0.717) is 30.2 Å². The fraction of sp³-hybridized carbons (Fsp3) is 0.350. The number of benzene rings is 2. The monoisotopic (exact) mass is 390 g/mol. The van der Waals surface area contributed by atoms with Crippen LogP contribution in [0.25, 0.3) is 0 Å². The van der Waals surface area contributed by atoms with Crippen molar-refractivity contribution < 1.29 is 17.9 Å². The number of carbonyl (C=O) groups excluding carboxylic acids is 1. The second-order valence-electron chi connectivity index (χ2n) is 6.24. The van der Waals surface area contributed by atoms with Crippen LogP contribution in [0.3, 0.4) is 0 Å². The van der Waals surface area contributed by atoms with Crippen molar-refractivity contribution in [2.24, 2.45) is 0 Å². The lowest BCUT2D eigenvalue weighted by atomic mass is 10.1. The molecule has 7 heteroatoms. The number of aryl methyl sites for hydroxylation is 1. The average Bonchev–Trinajstić information content (AvgIpc) is 2.60. The first-order valence-electron chi connectivity index (χ1n) is 8.86. The Labute approximate surface area is 161 Å². The van der Waals surface area contributed by atoms with E-state index in [-0.39, 0.29) is 0 Å². The van der Waals surface area contributed by atoms with Gasteiger partial charge in [-0.2, -0.15) is 0 Å². The maximum absolute atomic E-state index is 13.0. The van der Waals surface area contributed by atoms with E-state index >= 15 is 0 Å². The summed E-state index contributed by atoms with van der Waals surface area (Å²) in [6.07, 6.45) is 1.43. The van der Waals surface area contributed by atoms with Crippen LogP contribution < -0.4 is 14.4 Å². The molecule has 0 spiro atoms. The topological polar surface area (TPSA) is 75.7 Å². The van der Waals surface area contributed by atoms with E-state index in [9.17, 15) is 13.2 Å². The van der Waals surface area contributed by atoms with Gasteiger partial charge in [0.05, 0.1) is 24.2 Å². The van der Waals surface area contributed by atoms with Crippen LogP contribution >= 0.6 is 0 Å². The number of sulfonamides is 1. The van der Waals surface area contributed by atoms with Gasteiger partial charge in [0.1, 0.15) is 11.8 Å². The van der Waals surface area contributed by atoms with Crippen LogP contribution in [0.1, 0.15) is 25.8 Å². The molecule has 1 atom stereocenters. The number of amides is 1. The Morgan fingerprint density at radius 3 is 2.44 bits per heavy atom. The second kappa shape index (κ2) is 8.90. The van der Waals surface area contributed by atoms with Crippen LogP contribution in [-0.2, 0) is 14.8 Å². The summed E-state index contributed by atoms with van der Waals surface area (Å²) >= 11 is 0. The number of ether oxygens (including phenoxy) is 1. The van der Waals surface area contributed by atoms with Crippen molar-refractivity contribution >= 4 is 27.3 Å². The van der Waals surface area contributed by atoms with Crippen LogP contribution in [0.4, 0.5) is 11.4 Å². The van der Waals surface area contributed by atoms with Gasteiger partial charge in [-0.3, -0.25) is 9.10 Å². The number of hydrogen-bond donors (Lipinski definition) is 1. The summed E-state index contributed by atoms with van der Waals surface area (Å²) in [5.41, 5.74) is 1.90. The standard InChI is InChI=1S/C20H26N2O4S/c1-5-18(20(23)21-17-12-7-8-13-19(17)26-6-2)22(27(4,24)25)16-11-9-10-15(3)14-16/h7-14,18H,5-6H2,1-4H3,(H,21,23). The summed E-state index contributed by atoms with van der Waals surface area (Å²) in [4.78, 5) is 13.0. The zero-order chi connectivity index (χ0) is 20.0. The number of para-hydroxylation sites is 2. The molecule has 0 fully saturated rings. The Morgan fingerprint density at radius 1 is 1.15 bits per heavy atom. The van der Waals surface area contributed by atoms with Crippen LogP contribution in [-0.4, -0.2) is 33.2 Å². The Hall–Kier alpha value is -2.54. The zero-order valence-electron chi connectivity index (χ0n) is 16.1. The van der Waals surface area contributed by atoms with E-state index in [0.717, 1.165) is 11.8 Å². The lowest BCUT2D eigenvalue weighted by Crippen LogP contribution is -2.47. The maximum atomic E-state index is 13.0. The number of nitrogens with one attached hydrogen (secondary N) is 1. The molecule has 0 aromatic heterocycles. The van der Waals surface area contributed by atoms with Gasteiger partial charge in [0.2, 0.25) is 15.9 Å². The summed E-state index contributed by atoms with van der Waals surface area (Å²) in [5.74, 6) is 0.140. The van der Waals surface area contributed by atoms with E-state index in [1.165, 1.54) is 4.31 Å². The highest BCUT2D eigenvalue weighted by Crippen LogP contribution is 2.27. The summed E-state index contributed by atoms with van der Waals surface area (Å²) in [6, 6.07) is 13.3. The number of hydrogen-bond acceptors (Lipinski definition) is 4. The lowest BCUT2D eigenvalue weighted by Gasteiger charge is -2.30. The zero-order valence-corrected chi connectivity index (χ0v) is 16.9. The van der Waals surface area contributed by atoms with Gasteiger partial charge in [0, 0.05) is 0 Å². The molecule has 2 aromatic rings. The molecular weight excluding hydrogens is 364 g/mol. The highest BCUT2D eigenvalue weighted by molar-refractivity contribution is 7.92. The smallest absolute Gasteiger partial charge is 0.248 e. The van der Waals surface area contributed by atoms with Crippen LogP contribution in [0.2, 0.25) is 0 Å². The van der Waals surface area contributed by atoms with Crippen molar-refractivity contribution in [2.75, 3.05) is 22.5 Å². The van der Waals surface area contributed by atoms with Crippen molar-refractivity contribution in [3.8, 4) is 5.75 Å². The molecular formula is C20H26N2O4S. The van der Waals surface area contributed by atoms with Gasteiger partial charge in [-0.1, -0.05) is 31.2 Å². The minimum absolute atomic E-state index is 0.323. The van der Waals surface area contributed by atoms with E-state index < -0.39 is 22.0 Å². The van der Waals surface area contributed by atoms with E-state index in [4.69, 9.17) is 4.74 Å². The van der Waals surface area contributed by atoms with E-state index in [1.54, 1.807) is 43.3 Å². The molecule has 0 bridgehead atoms. The summed E-state index contributed by atoms with van der Waals surface area (Å²) < 4.78 is 31.7. The Kier molecular flexibility index (Phi) is 6.85. The molecule has 2 aromatic carbocycles. The molecule has 0 saturated heterocycles. The molecule has 0 aliphatic carbocycles. The number of nitrogens with zero attached hydrogens (tertiary/aromatic N) is 1. The van der Waals surface area contributed by atoms with Crippen molar-refractivity contribution in [2.45, 2.75) is 33.2 Å². The predicted molar refractivity (Wildman–Crippen MR) is 109 cm³/mol. The SMILES string of the molecule is CCOc1ccccc1NC(=O)C(CC)N(c1cccc(C)c1)S(C)(=O)=O. The van der Waals surface area contributed by atoms with E-state index in [2.05, 4.69) is 5.32 Å². The summed E-state index contributed by atoms with van der Waals surface area (Å²) in [5, 5.41) is 2.81. The first kappa shape index (κ1) is 20.8. The van der Waals surface area contributed by atoms with Crippen molar-refractivity contribution in [3.05, 3.63) is 54.1 Å². The highest BCUT2D eigenvalue weighted by atomic mass is 32.2. The van der Waals surface area contributed by atoms with Crippen molar-refractivity contribution in [1.29, 1.82) is 0 Å². The minimum atomic E-state index is -3.66. The fourth-order valence-corrected chi connectivity index (χ4v) is 4.10. The van der Waals surface area contributed by atoms with Gasteiger partial charge in [-0.15, -0.1) is 0 Å². The van der Waals surface area contributed by atoms with Gasteiger partial charge in [-0.05, 0) is 50.1 Å². The normalized spacial score (nSPS) is 12.3. The van der Waals surface area contributed by atoms with Crippen molar-refractivity contribution in [1.82, 2.24) is 0 Å². The third-order valence-corrected chi connectivity index (χ3v) is 5.21.